The third kappa shape index (κ3) is 1.74. The Hall–Kier alpha value is -0.670. The number of halogens is 3. The van der Waals surface area contributed by atoms with Crippen molar-refractivity contribution in [3.05, 3.63) is 35.4 Å². The lowest BCUT2D eigenvalue weighted by atomic mass is 9.85. The summed E-state index contributed by atoms with van der Waals surface area (Å²) in [6.07, 6.45) is 0.231. The number of hydrogen-bond donors (Lipinski definition) is 1. The van der Waals surface area contributed by atoms with Crippen molar-refractivity contribution >= 4 is 12.4 Å². The topological polar surface area (TPSA) is 26.0 Å². The summed E-state index contributed by atoms with van der Waals surface area (Å²) in [5, 5.41) is 0. The Morgan fingerprint density at radius 2 is 1.93 bits per heavy atom. The van der Waals surface area contributed by atoms with Crippen LogP contribution in [-0.4, -0.2) is 0 Å². The maximum atomic E-state index is 13.3. The zero-order valence-corrected chi connectivity index (χ0v) is 8.36. The molecule has 4 heteroatoms. The molecule has 1 aromatic rings. The fourth-order valence-electron chi connectivity index (χ4n) is 1.78. The average molecular weight is 220 g/mol. The van der Waals surface area contributed by atoms with Gasteiger partial charge < -0.3 is 5.73 Å². The van der Waals surface area contributed by atoms with Crippen LogP contribution >= 0.6 is 12.4 Å². The summed E-state index contributed by atoms with van der Waals surface area (Å²) < 4.78 is 26.6. The molecule has 0 amide bonds. The van der Waals surface area contributed by atoms with Gasteiger partial charge in [0, 0.05) is 18.0 Å². The number of fused-ring (bicyclic) bond motifs is 1. The normalized spacial score (nSPS) is 23.5. The molecule has 0 fully saturated rings. The Morgan fingerprint density at radius 1 is 1.29 bits per heavy atom. The average Bonchev–Trinajstić information content (AvgIpc) is 2.13. The minimum atomic E-state index is -2.69. The molecule has 0 radical (unpaired) electrons. The van der Waals surface area contributed by atoms with Gasteiger partial charge in [-0.15, -0.1) is 12.4 Å². The van der Waals surface area contributed by atoms with E-state index in [-0.39, 0.29) is 30.4 Å². The van der Waals surface area contributed by atoms with Gasteiger partial charge in [0.2, 0.25) is 0 Å². The second-order valence-corrected chi connectivity index (χ2v) is 3.44. The van der Waals surface area contributed by atoms with Crippen molar-refractivity contribution in [1.82, 2.24) is 0 Å². The quantitative estimate of drug-likeness (QED) is 0.713. The molecule has 0 bridgehead atoms. The van der Waals surface area contributed by atoms with Crippen molar-refractivity contribution in [1.29, 1.82) is 0 Å². The maximum Gasteiger partial charge on any atom is 0.273 e. The molecule has 2 N–H and O–H groups in total. The molecule has 0 spiro atoms. The van der Waals surface area contributed by atoms with E-state index in [2.05, 4.69) is 0 Å². The predicted molar refractivity (Wildman–Crippen MR) is 53.7 cm³/mol. The number of benzene rings is 1. The molecular weight excluding hydrogens is 208 g/mol. The van der Waals surface area contributed by atoms with Crippen LogP contribution in [0.4, 0.5) is 8.78 Å². The Balaban J connectivity index is 0.000000980. The van der Waals surface area contributed by atoms with Crippen LogP contribution in [0.15, 0.2) is 24.3 Å². The van der Waals surface area contributed by atoms with E-state index in [0.29, 0.717) is 12.0 Å². The van der Waals surface area contributed by atoms with Gasteiger partial charge in [-0.3, -0.25) is 0 Å². The number of alkyl halides is 2. The van der Waals surface area contributed by atoms with E-state index in [0.717, 1.165) is 0 Å². The number of nitrogens with two attached hydrogens (primary N) is 1. The summed E-state index contributed by atoms with van der Waals surface area (Å²) >= 11 is 0. The van der Waals surface area contributed by atoms with E-state index in [1.165, 1.54) is 6.07 Å². The molecule has 2 rings (SSSR count). The van der Waals surface area contributed by atoms with E-state index < -0.39 is 5.92 Å². The smallest absolute Gasteiger partial charge is 0.273 e. The first-order valence-electron chi connectivity index (χ1n) is 4.34. The molecule has 0 heterocycles. The first-order valence-corrected chi connectivity index (χ1v) is 4.34. The van der Waals surface area contributed by atoms with Gasteiger partial charge in [0.1, 0.15) is 0 Å². The van der Waals surface area contributed by atoms with Crippen molar-refractivity contribution in [3.63, 3.8) is 0 Å². The van der Waals surface area contributed by atoms with E-state index in [1.54, 1.807) is 18.2 Å². The first-order chi connectivity index (χ1) is 6.11. The highest BCUT2D eigenvalue weighted by Gasteiger charge is 2.38. The van der Waals surface area contributed by atoms with Crippen molar-refractivity contribution in [3.8, 4) is 0 Å². The largest absolute Gasteiger partial charge is 0.324 e. The van der Waals surface area contributed by atoms with Gasteiger partial charge in [-0.2, -0.15) is 0 Å². The van der Waals surface area contributed by atoms with Gasteiger partial charge >= 0.3 is 0 Å². The highest BCUT2D eigenvalue weighted by atomic mass is 35.5. The lowest BCUT2D eigenvalue weighted by Crippen LogP contribution is -2.27. The maximum absolute atomic E-state index is 13.3. The zero-order valence-electron chi connectivity index (χ0n) is 7.54. The van der Waals surface area contributed by atoms with Gasteiger partial charge in [0.25, 0.3) is 5.92 Å². The molecule has 1 aliphatic rings. The lowest BCUT2D eigenvalue weighted by Gasteiger charge is -2.29. The highest BCUT2D eigenvalue weighted by molar-refractivity contribution is 5.85. The van der Waals surface area contributed by atoms with Crippen LogP contribution in [0.2, 0.25) is 0 Å². The summed E-state index contributed by atoms with van der Waals surface area (Å²) in [6.45, 7) is 0. The zero-order chi connectivity index (χ0) is 9.47. The Bertz CT molecular complexity index is 328. The van der Waals surface area contributed by atoms with Gasteiger partial charge in [-0.1, -0.05) is 24.3 Å². The molecule has 1 aliphatic carbocycles. The Morgan fingerprint density at radius 3 is 2.57 bits per heavy atom. The summed E-state index contributed by atoms with van der Waals surface area (Å²) in [4.78, 5) is 0. The third-order valence-corrected chi connectivity index (χ3v) is 2.52. The van der Waals surface area contributed by atoms with Crippen LogP contribution in [0.25, 0.3) is 0 Å². The fourth-order valence-corrected chi connectivity index (χ4v) is 1.78. The van der Waals surface area contributed by atoms with Gasteiger partial charge in [-0.25, -0.2) is 8.78 Å². The molecule has 14 heavy (non-hydrogen) atoms. The predicted octanol–water partition coefficient (Wildman–Crippen LogP) is 2.99. The highest BCUT2D eigenvalue weighted by Crippen LogP contribution is 2.42. The van der Waals surface area contributed by atoms with Crippen LogP contribution in [0, 0.1) is 0 Å². The van der Waals surface area contributed by atoms with Crippen LogP contribution in [0.1, 0.15) is 30.0 Å². The van der Waals surface area contributed by atoms with Gasteiger partial charge in [-0.05, 0) is 12.0 Å². The van der Waals surface area contributed by atoms with E-state index in [4.69, 9.17) is 5.73 Å². The minimum absolute atomic E-state index is 0. The molecule has 0 aromatic heterocycles. The molecule has 0 saturated heterocycles. The molecular formula is C10H12ClF2N. The molecule has 1 unspecified atom stereocenters. The molecule has 0 saturated carbocycles. The summed E-state index contributed by atoms with van der Waals surface area (Å²) in [5.41, 5.74) is 6.44. The van der Waals surface area contributed by atoms with E-state index in [1.807, 2.05) is 0 Å². The van der Waals surface area contributed by atoms with Crippen LogP contribution in [-0.2, 0) is 5.92 Å². The van der Waals surface area contributed by atoms with Crippen molar-refractivity contribution < 1.29 is 8.78 Å². The van der Waals surface area contributed by atoms with Crippen LogP contribution in [0.5, 0.6) is 0 Å². The summed E-state index contributed by atoms with van der Waals surface area (Å²) in [7, 11) is 0. The standard InChI is InChI=1S/C10H11F2N.ClH/c11-10(12)6-5-9(13)7-3-1-2-4-8(7)10;/h1-4,9H,5-6,13H2;1H. The van der Waals surface area contributed by atoms with Crippen LogP contribution < -0.4 is 5.73 Å². The molecule has 1 nitrogen and oxygen atoms in total. The first kappa shape index (κ1) is 11.4. The lowest BCUT2D eigenvalue weighted by molar-refractivity contribution is -0.0250. The Kier molecular flexibility index (Phi) is 3.12. The molecule has 0 aliphatic heterocycles. The van der Waals surface area contributed by atoms with Gasteiger partial charge in [0.05, 0.1) is 0 Å². The summed E-state index contributed by atoms with van der Waals surface area (Å²) in [5.74, 6) is -2.69. The van der Waals surface area contributed by atoms with E-state index >= 15 is 0 Å². The van der Waals surface area contributed by atoms with Gasteiger partial charge in [0.15, 0.2) is 0 Å². The van der Waals surface area contributed by atoms with Crippen molar-refractivity contribution in [2.75, 3.05) is 0 Å². The molecule has 1 atom stereocenters. The summed E-state index contributed by atoms with van der Waals surface area (Å²) in [6, 6.07) is 6.31. The second kappa shape index (κ2) is 3.83. The number of hydrogen-bond acceptors (Lipinski definition) is 1. The SMILES string of the molecule is Cl.NC1CCC(F)(F)c2ccccc21. The van der Waals surface area contributed by atoms with Crippen molar-refractivity contribution in [2.45, 2.75) is 24.8 Å². The molecule has 1 aromatic carbocycles. The fraction of sp³-hybridized carbons (Fsp3) is 0.400. The minimum Gasteiger partial charge on any atom is -0.324 e. The third-order valence-electron chi connectivity index (χ3n) is 2.52. The Labute approximate surface area is 87.7 Å². The van der Waals surface area contributed by atoms with Crippen LogP contribution in [0.3, 0.4) is 0 Å². The molecule has 78 valence electrons. The van der Waals surface area contributed by atoms with Crippen molar-refractivity contribution in [2.24, 2.45) is 5.73 Å². The second-order valence-electron chi connectivity index (χ2n) is 3.44. The monoisotopic (exact) mass is 219 g/mol. The van der Waals surface area contributed by atoms with E-state index in [9.17, 15) is 8.78 Å². The number of rotatable bonds is 0.